The van der Waals surface area contributed by atoms with E-state index in [4.69, 9.17) is 17.5 Å². The first kappa shape index (κ1) is 92.1. The van der Waals surface area contributed by atoms with Crippen LogP contribution < -0.4 is 0 Å². The van der Waals surface area contributed by atoms with Crippen LogP contribution in [0, 0.1) is 0 Å². The van der Waals surface area contributed by atoms with Gasteiger partial charge >= 0.3 is 40.0 Å². The summed E-state index contributed by atoms with van der Waals surface area (Å²) in [5, 5.41) is 0. The Morgan fingerprint density at radius 2 is 0.692 bits per heavy atom. The van der Waals surface area contributed by atoms with E-state index in [9.17, 15) is 0 Å². The van der Waals surface area contributed by atoms with Crippen LogP contribution in [0.4, 0.5) is 0 Å². The first-order chi connectivity index (χ1) is 2.00. The Morgan fingerprint density at radius 3 is 0.692 bits per heavy atom. The van der Waals surface area contributed by atoms with Gasteiger partial charge in [-0.25, -0.2) is 0 Å². The molecule has 0 aromatic carbocycles. The molecule has 0 heterocycles. The zero-order valence-corrected chi connectivity index (χ0v) is 5.94. The molecule has 0 aliphatic carbocycles. The van der Waals surface area contributed by atoms with Crippen LogP contribution in [0.3, 0.4) is 0 Å². The molecule has 13 heteroatoms. The van der Waals surface area contributed by atoms with Crippen molar-refractivity contribution in [1.82, 2.24) is 0 Å². The van der Waals surface area contributed by atoms with Crippen molar-refractivity contribution in [3.05, 3.63) is 0 Å². The Kier molecular flexibility index (Phi) is 269. The van der Waals surface area contributed by atoms with Crippen molar-refractivity contribution in [2.45, 2.75) is 0 Å². The predicted molar refractivity (Wildman–Crippen MR) is 52.9 cm³/mol. The average Bonchev–Trinajstić information content (AvgIpc) is 0.722. The van der Waals surface area contributed by atoms with Crippen molar-refractivity contribution in [1.29, 1.82) is 0 Å². The molecule has 0 spiro atoms. The fourth-order valence-corrected chi connectivity index (χ4v) is 0. The normalized spacial score (nSPS) is 4.46. The standard InChI is InChI=1S/Al.Na.H2O4S.6H2O.4H/c;;1-5(2,3)4;;;;;;;;;;/h;;(H2,1,2,3,4);6*1H2;;;;. The van der Waals surface area contributed by atoms with Crippen LogP contribution in [-0.4, -0.2) is 97.3 Å². The number of rotatable bonds is 0. The van der Waals surface area contributed by atoms with E-state index < -0.39 is 10.4 Å². The Bertz CT molecular complexity index is 98.1. The van der Waals surface area contributed by atoms with E-state index in [-0.39, 0.29) is 79.8 Å². The molecule has 14 N–H and O–H groups in total. The van der Waals surface area contributed by atoms with Gasteiger partial charge in [-0.1, -0.05) is 0 Å². The summed E-state index contributed by atoms with van der Waals surface area (Å²) in [7, 11) is -4.67. The second-order valence-electron chi connectivity index (χ2n) is 0.448. The molecule has 0 saturated carbocycles. The van der Waals surface area contributed by atoms with E-state index in [1.54, 1.807) is 0 Å². The van der Waals surface area contributed by atoms with Crippen LogP contribution in [0.5, 0.6) is 0 Å². The van der Waals surface area contributed by atoms with Gasteiger partial charge in [0.25, 0.3) is 0 Å². The summed E-state index contributed by atoms with van der Waals surface area (Å²) in [4.78, 5) is 0. The molecule has 0 aliphatic rings. The summed E-state index contributed by atoms with van der Waals surface area (Å²) in [5.41, 5.74) is 0. The Hall–Kier alpha value is 1.16. The van der Waals surface area contributed by atoms with E-state index in [0.29, 0.717) is 0 Å². The van der Waals surface area contributed by atoms with Crippen LogP contribution in [0.1, 0.15) is 0 Å². The van der Waals surface area contributed by atoms with E-state index in [1.807, 2.05) is 0 Å². The van der Waals surface area contributed by atoms with Crippen LogP contribution in [0.2, 0.25) is 0 Å². The first-order valence-corrected chi connectivity index (χ1v) is 2.10. The Morgan fingerprint density at radius 1 is 0.692 bits per heavy atom. The molecule has 13 heavy (non-hydrogen) atoms. The fraction of sp³-hybridized carbons (Fsp3) is 0. The van der Waals surface area contributed by atoms with Crippen molar-refractivity contribution < 1.29 is 50.4 Å². The SMILES string of the molecule is O.O.O.O.O.O.O=S(=O)(O)O.[AlH3].[NaH]. The van der Waals surface area contributed by atoms with Crippen LogP contribution in [0.25, 0.3) is 0 Å². The van der Waals surface area contributed by atoms with Crippen molar-refractivity contribution in [2.24, 2.45) is 0 Å². The second-order valence-corrected chi connectivity index (χ2v) is 1.34. The van der Waals surface area contributed by atoms with Gasteiger partial charge in [-0.05, 0) is 0 Å². The Balaban J connectivity index is -0.00000000286. The average molecular weight is 260 g/mol. The van der Waals surface area contributed by atoms with Crippen LogP contribution in [0.15, 0.2) is 0 Å². The second kappa shape index (κ2) is 38.0. The first-order valence-electron chi connectivity index (χ1n) is 0.698. The van der Waals surface area contributed by atoms with Crippen molar-refractivity contribution in [3.8, 4) is 0 Å². The van der Waals surface area contributed by atoms with Gasteiger partial charge in [0.15, 0.2) is 17.4 Å². The third-order valence-electron chi connectivity index (χ3n) is 0. The predicted octanol–water partition coefficient (Wildman–Crippen LogP) is -7.43. The molecule has 0 radical (unpaired) electrons. The molecular weight excluding hydrogens is 242 g/mol. The molecular formula is H18AlNaO10S. The van der Waals surface area contributed by atoms with Gasteiger partial charge in [0.05, 0.1) is 0 Å². The Labute approximate surface area is 107 Å². The van der Waals surface area contributed by atoms with E-state index in [2.05, 4.69) is 0 Å². The fourth-order valence-electron chi connectivity index (χ4n) is 0. The van der Waals surface area contributed by atoms with Crippen molar-refractivity contribution in [3.63, 3.8) is 0 Å². The molecule has 88 valence electrons. The van der Waals surface area contributed by atoms with Gasteiger partial charge in [0, 0.05) is 0 Å². The molecule has 0 atom stereocenters. The van der Waals surface area contributed by atoms with E-state index >= 15 is 0 Å². The molecule has 0 aromatic heterocycles. The molecule has 0 saturated heterocycles. The minimum absolute atomic E-state index is 0. The number of hydrogen-bond acceptors (Lipinski definition) is 2. The van der Waals surface area contributed by atoms with Crippen LogP contribution >= 0.6 is 0 Å². The third-order valence-corrected chi connectivity index (χ3v) is 0. The van der Waals surface area contributed by atoms with E-state index in [1.165, 1.54) is 0 Å². The minimum atomic E-state index is -4.67. The zero-order valence-electron chi connectivity index (χ0n) is 5.12. The summed E-state index contributed by atoms with van der Waals surface area (Å²) in [6.07, 6.45) is 0. The summed E-state index contributed by atoms with van der Waals surface area (Å²) < 4.78 is 31.6. The maximum absolute atomic E-state index is 8.74. The van der Waals surface area contributed by atoms with Crippen LogP contribution in [-0.2, 0) is 10.4 Å². The molecule has 0 aliphatic heterocycles. The molecule has 0 fully saturated rings. The summed E-state index contributed by atoms with van der Waals surface area (Å²) >= 11 is 0. The van der Waals surface area contributed by atoms with Crippen molar-refractivity contribution in [2.75, 3.05) is 0 Å². The van der Waals surface area contributed by atoms with Gasteiger partial charge in [0.1, 0.15) is 0 Å². The maximum atomic E-state index is 8.74. The van der Waals surface area contributed by atoms with Gasteiger partial charge in [-0.15, -0.1) is 0 Å². The zero-order chi connectivity index (χ0) is 4.50. The monoisotopic (exact) mass is 260 g/mol. The van der Waals surface area contributed by atoms with Crippen molar-refractivity contribution >= 4 is 57.3 Å². The molecule has 0 bridgehead atoms. The van der Waals surface area contributed by atoms with Gasteiger partial charge < -0.3 is 32.9 Å². The number of hydrogen-bond donors (Lipinski definition) is 2. The molecule has 0 amide bonds. The molecule has 10 nitrogen and oxygen atoms in total. The van der Waals surface area contributed by atoms with E-state index in [0.717, 1.165) is 0 Å². The quantitative estimate of drug-likeness (QED) is 0.317. The third kappa shape index (κ3) is 1210. The summed E-state index contributed by atoms with van der Waals surface area (Å²) in [5.74, 6) is 0. The molecule has 0 unspecified atom stereocenters. The van der Waals surface area contributed by atoms with Gasteiger partial charge in [-0.2, -0.15) is 8.42 Å². The molecule has 0 rings (SSSR count). The van der Waals surface area contributed by atoms with Gasteiger partial charge in [-0.3, -0.25) is 9.11 Å². The topological polar surface area (TPSA) is 264 Å². The molecule has 0 aromatic rings. The summed E-state index contributed by atoms with van der Waals surface area (Å²) in [6.45, 7) is 0. The summed E-state index contributed by atoms with van der Waals surface area (Å²) in [6, 6.07) is 0. The van der Waals surface area contributed by atoms with Gasteiger partial charge in [0.2, 0.25) is 0 Å².